The molecule has 1 rings (SSSR count). The van der Waals surface area contributed by atoms with E-state index in [9.17, 15) is 24.5 Å². The van der Waals surface area contributed by atoms with Gasteiger partial charge in [0.2, 0.25) is 0 Å². The summed E-state index contributed by atoms with van der Waals surface area (Å²) in [6, 6.07) is 1.99. The zero-order valence-corrected chi connectivity index (χ0v) is 12.5. The van der Waals surface area contributed by atoms with E-state index in [2.05, 4.69) is 0 Å². The fraction of sp³-hybridized carbons (Fsp3) is 0.357. The van der Waals surface area contributed by atoms with Crippen molar-refractivity contribution in [1.29, 1.82) is 0 Å². The maximum absolute atomic E-state index is 11.5. The number of benzene rings is 1. The molecular formula is C14H15NO8. The number of ether oxygens (including phenoxy) is 2. The van der Waals surface area contributed by atoms with Crippen molar-refractivity contribution in [3.63, 3.8) is 0 Å². The number of hydrogen-bond acceptors (Lipinski definition) is 7. The topological polar surface area (TPSA) is 133 Å². The highest BCUT2D eigenvalue weighted by Gasteiger charge is 2.22. The number of carboxylic acid groups (broad SMARTS) is 1. The minimum atomic E-state index is -1.34. The molecule has 1 aromatic carbocycles. The summed E-state index contributed by atoms with van der Waals surface area (Å²) in [5, 5.41) is 20.1. The number of aromatic carboxylic acids is 1. The Morgan fingerprint density at radius 3 is 2.39 bits per heavy atom. The number of Topliss-reactive ketones (excluding diaryl/α,β-unsaturated/α-hetero) is 1. The van der Waals surface area contributed by atoms with E-state index in [0.717, 1.165) is 12.1 Å². The average molecular weight is 325 g/mol. The van der Waals surface area contributed by atoms with Gasteiger partial charge in [-0.05, 0) is 6.92 Å². The zero-order chi connectivity index (χ0) is 17.6. The first-order valence-corrected chi connectivity index (χ1v) is 6.50. The minimum absolute atomic E-state index is 0.00732. The Labute approximate surface area is 131 Å². The van der Waals surface area contributed by atoms with Crippen molar-refractivity contribution in [3.05, 3.63) is 33.4 Å². The van der Waals surface area contributed by atoms with Crippen LogP contribution in [0.4, 0.5) is 5.69 Å². The van der Waals surface area contributed by atoms with E-state index in [1.165, 1.54) is 14.0 Å². The van der Waals surface area contributed by atoms with Gasteiger partial charge in [0.05, 0.1) is 24.0 Å². The number of nitro groups is 1. The number of carbonyl (C=O) groups is 3. The first kappa shape index (κ1) is 18.1. The zero-order valence-electron chi connectivity index (χ0n) is 12.5. The van der Waals surface area contributed by atoms with E-state index >= 15 is 0 Å². The van der Waals surface area contributed by atoms with Crippen molar-refractivity contribution in [2.24, 2.45) is 0 Å². The van der Waals surface area contributed by atoms with Crippen LogP contribution in [0.3, 0.4) is 0 Å². The number of rotatable bonds is 8. The number of carboxylic acids is 1. The number of nitrogens with zero attached hydrogens (tertiary/aromatic N) is 1. The second-order valence-corrected chi connectivity index (χ2v) is 4.61. The molecule has 1 N–H and O–H groups in total. The molecule has 0 aliphatic carbocycles. The summed E-state index contributed by atoms with van der Waals surface area (Å²) in [5.74, 6) is -2.43. The summed E-state index contributed by atoms with van der Waals surface area (Å²) in [6.45, 7) is 0.867. The van der Waals surface area contributed by atoms with Crippen molar-refractivity contribution in [2.45, 2.75) is 26.4 Å². The molecule has 0 unspecified atom stereocenters. The van der Waals surface area contributed by atoms with Crippen LogP contribution < -0.4 is 4.74 Å². The number of methoxy groups -OCH3 is 1. The molecule has 124 valence electrons. The van der Waals surface area contributed by atoms with Gasteiger partial charge in [0.15, 0.2) is 5.75 Å². The highest BCUT2D eigenvalue weighted by molar-refractivity contribution is 5.91. The molecule has 9 nitrogen and oxygen atoms in total. The van der Waals surface area contributed by atoms with E-state index < -0.39 is 29.2 Å². The summed E-state index contributed by atoms with van der Waals surface area (Å²) < 4.78 is 9.65. The maximum atomic E-state index is 11.5. The van der Waals surface area contributed by atoms with Crippen LogP contribution >= 0.6 is 0 Å². The van der Waals surface area contributed by atoms with Gasteiger partial charge in [0.25, 0.3) is 0 Å². The molecule has 0 heterocycles. The van der Waals surface area contributed by atoms with Crippen LogP contribution in [0, 0.1) is 10.1 Å². The summed E-state index contributed by atoms with van der Waals surface area (Å²) >= 11 is 0. The van der Waals surface area contributed by atoms with E-state index in [0.29, 0.717) is 0 Å². The van der Waals surface area contributed by atoms with Gasteiger partial charge in [-0.25, -0.2) is 4.79 Å². The van der Waals surface area contributed by atoms with E-state index in [4.69, 9.17) is 14.6 Å². The molecule has 9 heteroatoms. The summed E-state index contributed by atoms with van der Waals surface area (Å²) in [6.07, 6.45) is -0.136. The lowest BCUT2D eigenvalue weighted by Crippen LogP contribution is -2.10. The van der Waals surface area contributed by atoms with Crippen molar-refractivity contribution in [1.82, 2.24) is 0 Å². The van der Waals surface area contributed by atoms with Crippen molar-refractivity contribution in [3.8, 4) is 5.75 Å². The summed E-state index contributed by atoms with van der Waals surface area (Å²) in [4.78, 5) is 43.7. The van der Waals surface area contributed by atoms with Crippen LogP contribution in [0.25, 0.3) is 0 Å². The second-order valence-electron chi connectivity index (χ2n) is 4.61. The molecule has 0 aromatic heterocycles. The molecule has 0 atom stereocenters. The normalized spacial score (nSPS) is 10.0. The quantitative estimate of drug-likeness (QED) is 0.434. The van der Waals surface area contributed by atoms with Gasteiger partial charge < -0.3 is 19.4 Å². The minimum Gasteiger partial charge on any atom is -0.490 e. The number of ketones is 1. The number of esters is 1. The molecule has 0 spiro atoms. The third-order valence-electron chi connectivity index (χ3n) is 2.90. The van der Waals surface area contributed by atoms with E-state index in [-0.39, 0.29) is 35.5 Å². The van der Waals surface area contributed by atoms with Gasteiger partial charge in [-0.2, -0.15) is 0 Å². The van der Waals surface area contributed by atoms with Crippen molar-refractivity contribution in [2.75, 3.05) is 7.11 Å². The highest BCUT2D eigenvalue weighted by atomic mass is 16.6. The standard InChI is InChI=1S/C14H15NO8/c1-8(16)3-4-13(17)23-7-9-5-11(15(20)21)12(22-2)6-10(9)14(18)19/h5-6H,3-4,7H2,1-2H3,(H,18,19). The molecular weight excluding hydrogens is 310 g/mol. The number of carbonyl (C=O) groups excluding carboxylic acids is 2. The van der Waals surface area contributed by atoms with Gasteiger partial charge in [-0.1, -0.05) is 0 Å². The molecule has 0 amide bonds. The molecule has 0 fully saturated rings. The van der Waals surface area contributed by atoms with E-state index in [1.54, 1.807) is 0 Å². The lowest BCUT2D eigenvalue weighted by atomic mass is 10.1. The van der Waals surface area contributed by atoms with Crippen molar-refractivity contribution < 1.29 is 33.9 Å². The van der Waals surface area contributed by atoms with Gasteiger partial charge in [0.1, 0.15) is 12.4 Å². The highest BCUT2D eigenvalue weighted by Crippen LogP contribution is 2.31. The Kier molecular flexibility index (Phi) is 6.19. The van der Waals surface area contributed by atoms with E-state index in [1.807, 2.05) is 0 Å². The Hall–Kier alpha value is -2.97. The lowest BCUT2D eigenvalue weighted by Gasteiger charge is -2.10. The van der Waals surface area contributed by atoms with Crippen LogP contribution in [0.2, 0.25) is 0 Å². The maximum Gasteiger partial charge on any atom is 0.336 e. The second kappa shape index (κ2) is 7.87. The van der Waals surface area contributed by atoms with Gasteiger partial charge in [0, 0.05) is 24.1 Å². The summed E-state index contributed by atoms with van der Waals surface area (Å²) in [7, 11) is 1.18. The Bertz CT molecular complexity index is 652. The molecule has 0 aliphatic heterocycles. The molecule has 0 aliphatic rings. The fourth-order valence-corrected chi connectivity index (χ4v) is 1.74. The largest absolute Gasteiger partial charge is 0.490 e. The first-order valence-electron chi connectivity index (χ1n) is 6.50. The first-order chi connectivity index (χ1) is 10.8. The molecule has 0 saturated carbocycles. The smallest absolute Gasteiger partial charge is 0.336 e. The predicted octanol–water partition coefficient (Wildman–Crippen LogP) is 1.71. The SMILES string of the molecule is COc1cc(C(=O)O)c(COC(=O)CCC(C)=O)cc1[N+](=O)[O-]. The monoisotopic (exact) mass is 325 g/mol. The Morgan fingerprint density at radius 2 is 1.91 bits per heavy atom. The lowest BCUT2D eigenvalue weighted by molar-refractivity contribution is -0.385. The van der Waals surface area contributed by atoms with Gasteiger partial charge in [-0.3, -0.25) is 14.9 Å². The molecule has 23 heavy (non-hydrogen) atoms. The fourth-order valence-electron chi connectivity index (χ4n) is 1.74. The van der Waals surface area contributed by atoms with Crippen LogP contribution in [-0.4, -0.2) is 34.9 Å². The van der Waals surface area contributed by atoms with Gasteiger partial charge in [-0.15, -0.1) is 0 Å². The third-order valence-corrected chi connectivity index (χ3v) is 2.90. The molecule has 1 aromatic rings. The van der Waals surface area contributed by atoms with Crippen molar-refractivity contribution >= 4 is 23.4 Å². The number of nitro benzene ring substituents is 1. The third kappa shape index (κ3) is 5.06. The molecule has 0 radical (unpaired) electrons. The van der Waals surface area contributed by atoms with Crippen LogP contribution in [0.15, 0.2) is 12.1 Å². The predicted molar refractivity (Wildman–Crippen MR) is 76.3 cm³/mol. The number of hydrogen-bond donors (Lipinski definition) is 1. The van der Waals surface area contributed by atoms with Crippen LogP contribution in [0.5, 0.6) is 5.75 Å². The molecule has 0 bridgehead atoms. The Morgan fingerprint density at radius 1 is 1.26 bits per heavy atom. The summed E-state index contributed by atoms with van der Waals surface area (Å²) in [5.41, 5.74) is -0.750. The van der Waals surface area contributed by atoms with Crippen LogP contribution in [-0.2, 0) is 20.9 Å². The average Bonchev–Trinajstić information content (AvgIpc) is 2.49. The van der Waals surface area contributed by atoms with Crippen LogP contribution in [0.1, 0.15) is 35.7 Å². The molecule has 0 saturated heterocycles. The Balaban J connectivity index is 3.01. The van der Waals surface area contributed by atoms with Gasteiger partial charge >= 0.3 is 17.6 Å².